The first-order valence-corrected chi connectivity index (χ1v) is 7.34. The Hall–Kier alpha value is -2.97. The van der Waals surface area contributed by atoms with Crippen LogP contribution in [-0.2, 0) is 18.9 Å². The molecule has 1 N–H and O–H groups in total. The molecule has 9 heteroatoms. The Morgan fingerprint density at radius 3 is 2.50 bits per heavy atom. The normalized spacial score (nSPS) is 10.8. The first-order chi connectivity index (χ1) is 11.3. The Morgan fingerprint density at radius 1 is 1.25 bits per heavy atom. The Bertz CT molecular complexity index is 928. The van der Waals surface area contributed by atoms with Gasteiger partial charge in [-0.1, -0.05) is 6.92 Å². The summed E-state index contributed by atoms with van der Waals surface area (Å²) in [6.07, 6.45) is 1.84. The second-order valence-electron chi connectivity index (χ2n) is 5.42. The molecule has 0 spiro atoms. The van der Waals surface area contributed by atoms with Crippen molar-refractivity contribution >= 4 is 22.9 Å². The van der Waals surface area contributed by atoms with Crippen LogP contribution < -0.4 is 11.2 Å². The van der Waals surface area contributed by atoms with Crippen LogP contribution in [0, 0.1) is 0 Å². The fourth-order valence-corrected chi connectivity index (χ4v) is 2.45. The molecule has 0 aliphatic rings. The molecular weight excluding hydrogens is 316 g/mol. The molecule has 0 fully saturated rings. The smallest absolute Gasteiger partial charge is 0.332 e. The van der Waals surface area contributed by atoms with Gasteiger partial charge >= 0.3 is 11.7 Å². The molecule has 0 radical (unpaired) electrons. The van der Waals surface area contributed by atoms with Gasteiger partial charge in [-0.15, -0.1) is 0 Å². The lowest BCUT2D eigenvalue weighted by Gasteiger charge is -2.20. The van der Waals surface area contributed by atoms with Crippen molar-refractivity contribution < 1.29 is 14.7 Å². The Morgan fingerprint density at radius 2 is 1.92 bits per heavy atom. The van der Waals surface area contributed by atoms with Gasteiger partial charge in [-0.2, -0.15) is 0 Å². The first kappa shape index (κ1) is 17.4. The fraction of sp³-hybridized carbons (Fsp3) is 0.400. The van der Waals surface area contributed by atoms with Crippen LogP contribution in [0.25, 0.3) is 11.0 Å². The third-order valence-corrected chi connectivity index (χ3v) is 3.65. The second-order valence-corrected chi connectivity index (χ2v) is 5.42. The Labute approximate surface area is 136 Å². The second kappa shape index (κ2) is 6.65. The summed E-state index contributed by atoms with van der Waals surface area (Å²) in [5, 5.41) is 9.05. The zero-order valence-electron chi connectivity index (χ0n) is 13.6. The molecule has 0 atom stereocenters. The highest BCUT2D eigenvalue weighted by molar-refractivity contribution is 5.98. The summed E-state index contributed by atoms with van der Waals surface area (Å²) >= 11 is 0. The predicted octanol–water partition coefficient (Wildman–Crippen LogP) is -0.431. The number of carboxylic acids is 1. The van der Waals surface area contributed by atoms with E-state index in [9.17, 15) is 19.2 Å². The summed E-state index contributed by atoms with van der Waals surface area (Å²) in [4.78, 5) is 52.8. The Balaban J connectivity index is 2.58. The number of carboxylic acid groups (broad SMARTS) is 1. The fourth-order valence-electron chi connectivity index (χ4n) is 2.45. The standard InChI is InChI=1S/C15H18N4O5/c1-4-5-19(8-11(20)21)13(22)9-6-10-12(16-7-9)17(2)15(24)18(3)14(10)23/h6-7H,4-5,8H2,1-3H3,(H,20,21). The number of carbonyl (C=O) groups is 2. The number of hydrogen-bond donors (Lipinski definition) is 1. The van der Waals surface area contributed by atoms with E-state index in [2.05, 4.69) is 4.98 Å². The van der Waals surface area contributed by atoms with Gasteiger partial charge in [0, 0.05) is 26.8 Å². The monoisotopic (exact) mass is 334 g/mol. The molecule has 2 aromatic heterocycles. The number of pyridine rings is 1. The molecule has 24 heavy (non-hydrogen) atoms. The van der Waals surface area contributed by atoms with Crippen molar-refractivity contribution in [3.8, 4) is 0 Å². The van der Waals surface area contributed by atoms with Crippen molar-refractivity contribution in [3.05, 3.63) is 38.7 Å². The maximum absolute atomic E-state index is 12.5. The summed E-state index contributed by atoms with van der Waals surface area (Å²) in [5.74, 6) is -1.64. The van der Waals surface area contributed by atoms with Gasteiger partial charge in [0.15, 0.2) is 0 Å². The molecule has 2 aromatic rings. The van der Waals surface area contributed by atoms with Gasteiger partial charge in [-0.25, -0.2) is 9.78 Å². The average molecular weight is 334 g/mol. The maximum Gasteiger partial charge on any atom is 0.332 e. The molecular formula is C15H18N4O5. The van der Waals surface area contributed by atoms with Gasteiger partial charge in [0.2, 0.25) is 0 Å². The number of fused-ring (bicyclic) bond motifs is 1. The number of aryl methyl sites for hydroxylation is 1. The molecule has 9 nitrogen and oxygen atoms in total. The highest BCUT2D eigenvalue weighted by atomic mass is 16.4. The topological polar surface area (TPSA) is 114 Å². The summed E-state index contributed by atoms with van der Waals surface area (Å²) < 4.78 is 2.14. The predicted molar refractivity (Wildman–Crippen MR) is 86.1 cm³/mol. The lowest BCUT2D eigenvalue weighted by molar-refractivity contribution is -0.137. The number of carbonyl (C=O) groups excluding carboxylic acids is 1. The lowest BCUT2D eigenvalue weighted by Crippen LogP contribution is -2.38. The van der Waals surface area contributed by atoms with Crippen molar-refractivity contribution in [1.29, 1.82) is 0 Å². The highest BCUT2D eigenvalue weighted by Crippen LogP contribution is 2.10. The van der Waals surface area contributed by atoms with E-state index in [1.165, 1.54) is 35.8 Å². The minimum Gasteiger partial charge on any atom is -0.480 e. The largest absolute Gasteiger partial charge is 0.480 e. The highest BCUT2D eigenvalue weighted by Gasteiger charge is 2.20. The van der Waals surface area contributed by atoms with Gasteiger partial charge < -0.3 is 10.0 Å². The molecule has 0 aliphatic heterocycles. The summed E-state index contributed by atoms with van der Waals surface area (Å²) in [7, 11) is 2.82. The summed E-state index contributed by atoms with van der Waals surface area (Å²) in [6.45, 7) is 1.66. The molecule has 0 aliphatic carbocycles. The van der Waals surface area contributed by atoms with Crippen molar-refractivity contribution in [3.63, 3.8) is 0 Å². The van der Waals surface area contributed by atoms with Crippen LogP contribution in [0.5, 0.6) is 0 Å². The number of amides is 1. The maximum atomic E-state index is 12.5. The molecule has 0 unspecified atom stereocenters. The molecule has 2 rings (SSSR count). The zero-order chi connectivity index (χ0) is 18.0. The van der Waals surface area contributed by atoms with Crippen LogP contribution in [0.15, 0.2) is 21.9 Å². The summed E-state index contributed by atoms with van der Waals surface area (Å²) in [5.41, 5.74) is -0.805. The van der Waals surface area contributed by atoms with Crippen LogP contribution in [-0.4, -0.2) is 49.1 Å². The average Bonchev–Trinajstić information content (AvgIpc) is 2.56. The van der Waals surface area contributed by atoms with Crippen LogP contribution in [0.2, 0.25) is 0 Å². The number of aliphatic carboxylic acids is 1. The van der Waals surface area contributed by atoms with E-state index in [0.717, 1.165) is 4.57 Å². The van der Waals surface area contributed by atoms with Gasteiger partial charge in [0.05, 0.1) is 10.9 Å². The Kier molecular flexibility index (Phi) is 4.82. The molecule has 0 aromatic carbocycles. The van der Waals surface area contributed by atoms with Crippen LogP contribution in [0.1, 0.15) is 23.7 Å². The van der Waals surface area contributed by atoms with Gasteiger partial charge in [-0.05, 0) is 12.5 Å². The molecule has 0 bridgehead atoms. The number of hydrogen-bond acceptors (Lipinski definition) is 5. The molecule has 0 saturated carbocycles. The van der Waals surface area contributed by atoms with E-state index < -0.39 is 29.7 Å². The van der Waals surface area contributed by atoms with Crippen molar-refractivity contribution in [2.24, 2.45) is 14.1 Å². The molecule has 1 amide bonds. The number of nitrogens with zero attached hydrogens (tertiary/aromatic N) is 4. The van der Waals surface area contributed by atoms with Crippen LogP contribution in [0.3, 0.4) is 0 Å². The van der Waals surface area contributed by atoms with Crippen molar-refractivity contribution in [1.82, 2.24) is 19.0 Å². The molecule has 0 saturated heterocycles. The first-order valence-electron chi connectivity index (χ1n) is 7.34. The van der Waals surface area contributed by atoms with Gasteiger partial charge in [0.1, 0.15) is 12.2 Å². The third-order valence-electron chi connectivity index (χ3n) is 3.65. The minimum atomic E-state index is -1.12. The van der Waals surface area contributed by atoms with E-state index in [1.807, 2.05) is 6.92 Å². The lowest BCUT2D eigenvalue weighted by atomic mass is 10.2. The quantitative estimate of drug-likeness (QED) is 0.793. The third kappa shape index (κ3) is 3.05. The molecule has 128 valence electrons. The van der Waals surface area contributed by atoms with Crippen molar-refractivity contribution in [2.75, 3.05) is 13.1 Å². The molecule has 2 heterocycles. The van der Waals surface area contributed by atoms with Gasteiger partial charge in [-0.3, -0.25) is 23.5 Å². The van der Waals surface area contributed by atoms with E-state index in [1.54, 1.807) is 0 Å². The minimum absolute atomic E-state index is 0.105. The van der Waals surface area contributed by atoms with Crippen LogP contribution >= 0.6 is 0 Å². The van der Waals surface area contributed by atoms with Crippen LogP contribution in [0.4, 0.5) is 0 Å². The number of rotatable bonds is 5. The summed E-state index contributed by atoms with van der Waals surface area (Å²) in [6, 6.07) is 1.34. The van der Waals surface area contributed by atoms with E-state index in [-0.39, 0.29) is 23.1 Å². The van der Waals surface area contributed by atoms with E-state index >= 15 is 0 Å². The van der Waals surface area contributed by atoms with E-state index in [4.69, 9.17) is 5.11 Å². The van der Waals surface area contributed by atoms with E-state index in [0.29, 0.717) is 6.42 Å². The van der Waals surface area contributed by atoms with Gasteiger partial charge in [0.25, 0.3) is 11.5 Å². The zero-order valence-corrected chi connectivity index (χ0v) is 13.6. The SMILES string of the molecule is CCCN(CC(=O)O)C(=O)c1cnc2c(c1)c(=O)n(C)c(=O)n2C. The van der Waals surface area contributed by atoms with Crippen molar-refractivity contribution in [2.45, 2.75) is 13.3 Å². The number of aromatic nitrogens is 3.